The average Bonchev–Trinajstić information content (AvgIpc) is 2.95. The maximum Gasteiger partial charge on any atom is 0.254 e. The number of aryl methyl sites for hydroxylation is 1. The van der Waals surface area contributed by atoms with Gasteiger partial charge in [0.25, 0.3) is 5.91 Å². The lowest BCUT2D eigenvalue weighted by atomic mass is 9.91. The van der Waals surface area contributed by atoms with Crippen molar-refractivity contribution in [2.24, 2.45) is 0 Å². The molecule has 202 valence electrons. The van der Waals surface area contributed by atoms with Crippen LogP contribution in [0.3, 0.4) is 0 Å². The van der Waals surface area contributed by atoms with Crippen LogP contribution in [0.5, 0.6) is 5.75 Å². The second-order valence-electron chi connectivity index (χ2n) is 10.2. The average molecular weight is 521 g/mol. The highest BCUT2D eigenvalue weighted by Crippen LogP contribution is 2.33. The molecular weight excluding hydrogens is 484 g/mol. The standard InChI is InChI=1S/C30H36N2O6/c1-20-26(37-19-35-3)11-10-25-27(33)21(2)28(38-29(20)25)24-5-4-12-31(18-24)17-22-6-8-23(9-7-22)30(34)32-13-15-36-16-14-32/h6-11,24H,4-5,12-19H2,1-3H3. The third-order valence-corrected chi connectivity index (χ3v) is 7.64. The first kappa shape index (κ1) is 26.4. The summed E-state index contributed by atoms with van der Waals surface area (Å²) in [7, 11) is 1.58. The monoisotopic (exact) mass is 520 g/mol. The number of benzene rings is 2. The molecule has 8 heteroatoms. The van der Waals surface area contributed by atoms with Crippen molar-refractivity contribution < 1.29 is 23.4 Å². The Bertz CT molecular complexity index is 1340. The van der Waals surface area contributed by atoms with Crippen LogP contribution >= 0.6 is 0 Å². The molecule has 1 unspecified atom stereocenters. The van der Waals surface area contributed by atoms with Crippen molar-refractivity contribution in [3.05, 3.63) is 74.6 Å². The molecular formula is C30H36N2O6. The van der Waals surface area contributed by atoms with Crippen LogP contribution in [0.15, 0.2) is 45.6 Å². The molecule has 2 aliphatic rings. The lowest BCUT2D eigenvalue weighted by Gasteiger charge is -2.33. The predicted octanol–water partition coefficient (Wildman–Crippen LogP) is 4.24. The molecule has 0 spiro atoms. The maximum atomic E-state index is 13.3. The van der Waals surface area contributed by atoms with Crippen molar-refractivity contribution in [1.82, 2.24) is 9.80 Å². The van der Waals surface area contributed by atoms with Crippen LogP contribution in [0.25, 0.3) is 11.0 Å². The Labute approximate surface area is 223 Å². The van der Waals surface area contributed by atoms with E-state index in [-0.39, 0.29) is 24.0 Å². The minimum absolute atomic E-state index is 0.0142. The number of ether oxygens (including phenoxy) is 3. The van der Waals surface area contributed by atoms with Gasteiger partial charge >= 0.3 is 0 Å². The van der Waals surface area contributed by atoms with Crippen LogP contribution in [-0.2, 0) is 16.0 Å². The Kier molecular flexibility index (Phi) is 8.12. The Morgan fingerprint density at radius 1 is 1.03 bits per heavy atom. The molecule has 1 aromatic heterocycles. The minimum Gasteiger partial charge on any atom is -0.467 e. The van der Waals surface area contributed by atoms with E-state index >= 15 is 0 Å². The summed E-state index contributed by atoms with van der Waals surface area (Å²) in [6, 6.07) is 11.5. The van der Waals surface area contributed by atoms with Gasteiger partial charge in [0.2, 0.25) is 0 Å². The van der Waals surface area contributed by atoms with Gasteiger partial charge in [-0.2, -0.15) is 0 Å². The zero-order valence-corrected chi connectivity index (χ0v) is 22.5. The Hall–Kier alpha value is -3.20. The molecule has 5 rings (SSSR count). The molecule has 0 bridgehead atoms. The number of hydrogen-bond acceptors (Lipinski definition) is 7. The van der Waals surface area contributed by atoms with Crippen molar-refractivity contribution in [3.8, 4) is 5.75 Å². The van der Waals surface area contributed by atoms with Gasteiger partial charge in [-0.25, -0.2) is 0 Å². The van der Waals surface area contributed by atoms with Crippen molar-refractivity contribution in [2.45, 2.75) is 39.2 Å². The molecule has 2 aliphatic heterocycles. The van der Waals surface area contributed by atoms with Crippen LogP contribution < -0.4 is 10.2 Å². The zero-order chi connectivity index (χ0) is 26.6. The Balaban J connectivity index is 1.32. The number of piperidine rings is 1. The summed E-state index contributed by atoms with van der Waals surface area (Å²) in [5, 5.41) is 0.577. The van der Waals surface area contributed by atoms with Gasteiger partial charge < -0.3 is 23.5 Å². The van der Waals surface area contributed by atoms with Gasteiger partial charge in [0, 0.05) is 55.9 Å². The molecule has 0 N–H and O–H groups in total. The highest BCUT2D eigenvalue weighted by atomic mass is 16.7. The molecule has 8 nitrogen and oxygen atoms in total. The van der Waals surface area contributed by atoms with Crippen LogP contribution in [0.1, 0.15) is 51.6 Å². The van der Waals surface area contributed by atoms with Crippen LogP contribution in [-0.4, -0.2) is 69.0 Å². The first-order valence-corrected chi connectivity index (χ1v) is 13.3. The number of likely N-dealkylation sites (tertiary alicyclic amines) is 1. The van der Waals surface area contributed by atoms with Crippen molar-refractivity contribution >= 4 is 16.9 Å². The molecule has 2 fully saturated rings. The van der Waals surface area contributed by atoms with Gasteiger partial charge in [-0.15, -0.1) is 0 Å². The molecule has 0 aliphatic carbocycles. The van der Waals surface area contributed by atoms with E-state index in [1.54, 1.807) is 19.2 Å². The summed E-state index contributed by atoms with van der Waals surface area (Å²) >= 11 is 0. The van der Waals surface area contributed by atoms with E-state index in [0.717, 1.165) is 49.4 Å². The lowest BCUT2D eigenvalue weighted by Crippen LogP contribution is -2.40. The fourth-order valence-corrected chi connectivity index (χ4v) is 5.53. The van der Waals surface area contributed by atoms with Crippen molar-refractivity contribution in [1.29, 1.82) is 0 Å². The van der Waals surface area contributed by atoms with Gasteiger partial charge in [0.05, 0.1) is 18.6 Å². The first-order chi connectivity index (χ1) is 18.5. The highest BCUT2D eigenvalue weighted by Gasteiger charge is 2.27. The van der Waals surface area contributed by atoms with Crippen LogP contribution in [0.4, 0.5) is 0 Å². The van der Waals surface area contributed by atoms with Gasteiger partial charge in [0.1, 0.15) is 17.1 Å². The van der Waals surface area contributed by atoms with Gasteiger partial charge in [-0.1, -0.05) is 12.1 Å². The topological polar surface area (TPSA) is 81.5 Å². The van der Waals surface area contributed by atoms with E-state index in [4.69, 9.17) is 18.6 Å². The van der Waals surface area contributed by atoms with Crippen molar-refractivity contribution in [2.75, 3.05) is 53.3 Å². The number of carbonyl (C=O) groups is 1. The predicted molar refractivity (Wildman–Crippen MR) is 145 cm³/mol. The number of methoxy groups -OCH3 is 1. The minimum atomic E-state index is 0.0142. The Morgan fingerprint density at radius 2 is 1.79 bits per heavy atom. The first-order valence-electron chi connectivity index (χ1n) is 13.3. The van der Waals surface area contributed by atoms with Gasteiger partial charge in [-0.3, -0.25) is 14.5 Å². The summed E-state index contributed by atoms with van der Waals surface area (Å²) in [5.41, 5.74) is 3.96. The third kappa shape index (κ3) is 5.48. The summed E-state index contributed by atoms with van der Waals surface area (Å²) in [5.74, 6) is 1.61. The fourth-order valence-electron chi connectivity index (χ4n) is 5.53. The second kappa shape index (κ2) is 11.7. The van der Waals surface area contributed by atoms with Crippen LogP contribution in [0, 0.1) is 13.8 Å². The zero-order valence-electron chi connectivity index (χ0n) is 22.5. The lowest BCUT2D eigenvalue weighted by molar-refractivity contribution is 0.0303. The largest absolute Gasteiger partial charge is 0.467 e. The van der Waals surface area contributed by atoms with E-state index in [1.807, 2.05) is 43.0 Å². The number of morpholine rings is 1. The SMILES string of the molecule is COCOc1ccc2c(=O)c(C)c(C3CCCN(Cc4ccc(C(=O)N5CCOCC5)cc4)C3)oc2c1C. The molecule has 38 heavy (non-hydrogen) atoms. The number of hydrogen-bond donors (Lipinski definition) is 0. The fraction of sp³-hybridized carbons (Fsp3) is 0.467. The van der Waals surface area contributed by atoms with E-state index in [0.29, 0.717) is 54.1 Å². The quantitative estimate of drug-likeness (QED) is 0.431. The second-order valence-corrected chi connectivity index (χ2v) is 10.2. The molecule has 1 atom stereocenters. The van der Waals surface area contributed by atoms with Crippen LogP contribution in [0.2, 0.25) is 0 Å². The molecule has 3 aromatic rings. The molecule has 0 saturated carbocycles. The normalized spacial score (nSPS) is 18.6. The van der Waals surface area contributed by atoms with Gasteiger partial charge in [-0.05, 0) is 63.1 Å². The Morgan fingerprint density at radius 3 is 2.53 bits per heavy atom. The molecule has 3 heterocycles. The number of amides is 1. The number of rotatable bonds is 7. The van der Waals surface area contributed by atoms with Gasteiger partial charge in [0.15, 0.2) is 12.2 Å². The molecule has 0 radical (unpaired) electrons. The molecule has 2 saturated heterocycles. The number of carbonyl (C=O) groups excluding carboxylic acids is 1. The summed E-state index contributed by atoms with van der Waals surface area (Å²) in [4.78, 5) is 30.3. The molecule has 2 aromatic carbocycles. The number of fused-ring (bicyclic) bond motifs is 1. The van der Waals surface area contributed by atoms with Crippen molar-refractivity contribution in [3.63, 3.8) is 0 Å². The molecule has 1 amide bonds. The summed E-state index contributed by atoms with van der Waals surface area (Å²) in [6.45, 7) is 8.96. The van der Waals surface area contributed by atoms with E-state index in [9.17, 15) is 9.59 Å². The smallest absolute Gasteiger partial charge is 0.254 e. The van der Waals surface area contributed by atoms with E-state index in [1.165, 1.54) is 0 Å². The highest BCUT2D eigenvalue weighted by molar-refractivity contribution is 5.94. The summed E-state index contributed by atoms with van der Waals surface area (Å²) < 4.78 is 22.5. The van der Waals surface area contributed by atoms with E-state index in [2.05, 4.69) is 4.90 Å². The third-order valence-electron chi connectivity index (χ3n) is 7.64. The number of nitrogens with zero attached hydrogens (tertiary/aromatic N) is 2. The van der Waals surface area contributed by atoms with E-state index < -0.39 is 0 Å². The maximum absolute atomic E-state index is 13.3. The summed E-state index contributed by atoms with van der Waals surface area (Å²) in [6.07, 6.45) is 1.99.